The van der Waals surface area contributed by atoms with Crippen LogP contribution >= 0.6 is 11.8 Å². The Kier molecular flexibility index (Phi) is 15.5. The van der Waals surface area contributed by atoms with Crippen molar-refractivity contribution >= 4 is 29.5 Å². The van der Waals surface area contributed by atoms with E-state index in [1.807, 2.05) is 5.43 Å². The summed E-state index contributed by atoms with van der Waals surface area (Å²) in [6.45, 7) is 9.93. The van der Waals surface area contributed by atoms with Crippen molar-refractivity contribution in [2.24, 2.45) is 11.8 Å². The Morgan fingerprint density at radius 3 is 2.13 bits per heavy atom. The molecule has 0 heterocycles. The lowest BCUT2D eigenvalue weighted by Gasteiger charge is -2.17. The van der Waals surface area contributed by atoms with Gasteiger partial charge in [0.2, 0.25) is 5.91 Å². The van der Waals surface area contributed by atoms with Crippen molar-refractivity contribution in [3.8, 4) is 0 Å². The highest BCUT2D eigenvalue weighted by Gasteiger charge is 2.22. The number of allylic oxidation sites excluding steroid dienone is 5. The summed E-state index contributed by atoms with van der Waals surface area (Å²) in [6, 6.07) is -0.802. The molecule has 2 unspecified atom stereocenters. The number of aliphatic carboxylic acids is 1. The third-order valence-corrected chi connectivity index (χ3v) is 5.64. The number of hydrazine groups is 1. The molecule has 2 atom stereocenters. The maximum absolute atomic E-state index is 12.0. The van der Waals surface area contributed by atoms with E-state index in [4.69, 9.17) is 10.9 Å². The Labute approximate surface area is 191 Å². The fourth-order valence-corrected chi connectivity index (χ4v) is 3.64. The van der Waals surface area contributed by atoms with Crippen molar-refractivity contribution < 1.29 is 19.5 Å². The van der Waals surface area contributed by atoms with Gasteiger partial charge in [-0.05, 0) is 53.4 Å². The van der Waals surface area contributed by atoms with Gasteiger partial charge in [0.1, 0.15) is 6.04 Å². The Morgan fingerprint density at radius 1 is 1.00 bits per heavy atom. The third kappa shape index (κ3) is 15.4. The molecular formula is C23H39N3O4S. The molecule has 0 fully saturated rings. The molecule has 0 saturated carbocycles. The van der Waals surface area contributed by atoms with Crippen LogP contribution in [0.15, 0.2) is 34.9 Å². The monoisotopic (exact) mass is 453 g/mol. The van der Waals surface area contributed by atoms with Gasteiger partial charge < -0.3 is 10.4 Å². The van der Waals surface area contributed by atoms with Crippen molar-refractivity contribution in [1.29, 1.82) is 0 Å². The zero-order valence-electron chi connectivity index (χ0n) is 19.5. The van der Waals surface area contributed by atoms with Gasteiger partial charge in [0.25, 0.3) is 5.91 Å². The van der Waals surface area contributed by atoms with E-state index in [2.05, 4.69) is 51.2 Å². The zero-order valence-corrected chi connectivity index (χ0v) is 20.3. The van der Waals surface area contributed by atoms with Crippen LogP contribution in [0.3, 0.4) is 0 Å². The van der Waals surface area contributed by atoms with Crippen molar-refractivity contribution in [1.82, 2.24) is 10.7 Å². The number of thioether (sulfide) groups is 1. The van der Waals surface area contributed by atoms with Crippen LogP contribution < -0.4 is 16.6 Å². The minimum absolute atomic E-state index is 0.186. The number of carboxylic acid groups (broad SMARTS) is 1. The number of hydrogen-bond acceptors (Lipinski definition) is 5. The standard InChI is InChI=1S/C23H39N3O4S/c1-16(2)8-6-9-17(3)10-7-11-18(4)12-13-31-15-20(22(28)26-24)25-21(27)14-19(5)23(29)30/h8,10,12,19-20H,6-7,9,11,13-15,24H2,1-5H3,(H,25,27)(H,26,28)(H,29,30). The van der Waals surface area contributed by atoms with Crippen LogP contribution in [0.4, 0.5) is 0 Å². The largest absolute Gasteiger partial charge is 0.481 e. The Hall–Kier alpha value is -2.06. The van der Waals surface area contributed by atoms with E-state index in [9.17, 15) is 14.4 Å². The van der Waals surface area contributed by atoms with Crippen molar-refractivity contribution in [2.75, 3.05) is 11.5 Å². The number of amides is 2. The van der Waals surface area contributed by atoms with Crippen LogP contribution in [0.2, 0.25) is 0 Å². The van der Waals surface area contributed by atoms with Gasteiger partial charge in [-0.25, -0.2) is 5.84 Å². The van der Waals surface area contributed by atoms with E-state index < -0.39 is 29.7 Å². The molecule has 7 nitrogen and oxygen atoms in total. The fourth-order valence-electron chi connectivity index (χ4n) is 2.63. The van der Waals surface area contributed by atoms with Gasteiger partial charge in [-0.3, -0.25) is 19.8 Å². The molecule has 0 bridgehead atoms. The summed E-state index contributed by atoms with van der Waals surface area (Å²) in [5.74, 6) is 3.41. The first kappa shape index (κ1) is 28.9. The summed E-state index contributed by atoms with van der Waals surface area (Å²) in [4.78, 5) is 34.8. The van der Waals surface area contributed by atoms with Gasteiger partial charge in [-0.2, -0.15) is 11.8 Å². The smallest absolute Gasteiger partial charge is 0.306 e. The first-order valence-corrected chi connectivity index (χ1v) is 11.8. The van der Waals surface area contributed by atoms with Crippen LogP contribution in [0, 0.1) is 5.92 Å². The predicted octanol–water partition coefficient (Wildman–Crippen LogP) is 3.72. The molecule has 31 heavy (non-hydrogen) atoms. The summed E-state index contributed by atoms with van der Waals surface area (Å²) >= 11 is 1.51. The van der Waals surface area contributed by atoms with Gasteiger partial charge in [-0.1, -0.05) is 41.9 Å². The summed E-state index contributed by atoms with van der Waals surface area (Å²) in [5.41, 5.74) is 6.08. The minimum Gasteiger partial charge on any atom is -0.481 e. The molecule has 0 aromatic heterocycles. The second-order valence-electron chi connectivity index (χ2n) is 8.07. The third-order valence-electron chi connectivity index (χ3n) is 4.66. The van der Waals surface area contributed by atoms with Gasteiger partial charge >= 0.3 is 5.97 Å². The first-order valence-electron chi connectivity index (χ1n) is 10.6. The average molecular weight is 454 g/mol. The normalized spacial score (nSPS) is 13.9. The van der Waals surface area contributed by atoms with E-state index in [-0.39, 0.29) is 6.42 Å². The lowest BCUT2D eigenvalue weighted by Crippen LogP contribution is -2.50. The maximum atomic E-state index is 12.0. The van der Waals surface area contributed by atoms with E-state index in [1.165, 1.54) is 35.4 Å². The highest BCUT2D eigenvalue weighted by atomic mass is 32.2. The second kappa shape index (κ2) is 16.6. The molecular weight excluding hydrogens is 414 g/mol. The number of carbonyl (C=O) groups is 3. The molecule has 0 aliphatic rings. The molecule has 0 aromatic rings. The Morgan fingerprint density at radius 2 is 1.58 bits per heavy atom. The van der Waals surface area contributed by atoms with Crippen molar-refractivity contribution in [3.63, 3.8) is 0 Å². The van der Waals surface area contributed by atoms with Gasteiger partial charge in [0.15, 0.2) is 0 Å². The number of rotatable bonds is 15. The maximum Gasteiger partial charge on any atom is 0.306 e. The number of nitrogens with one attached hydrogen (secondary N) is 2. The van der Waals surface area contributed by atoms with Crippen LogP contribution in [-0.4, -0.2) is 40.4 Å². The number of nitrogens with two attached hydrogens (primary N) is 1. The van der Waals surface area contributed by atoms with E-state index >= 15 is 0 Å². The highest BCUT2D eigenvalue weighted by Crippen LogP contribution is 2.13. The first-order chi connectivity index (χ1) is 14.6. The summed E-state index contributed by atoms with van der Waals surface area (Å²) in [5, 5.41) is 11.5. The van der Waals surface area contributed by atoms with E-state index in [0.717, 1.165) is 25.7 Å². The molecule has 0 saturated heterocycles. The highest BCUT2D eigenvalue weighted by molar-refractivity contribution is 7.99. The van der Waals surface area contributed by atoms with Crippen LogP contribution in [0.25, 0.3) is 0 Å². The van der Waals surface area contributed by atoms with Crippen LogP contribution in [0.1, 0.15) is 66.7 Å². The summed E-state index contributed by atoms with van der Waals surface area (Å²) in [7, 11) is 0. The molecule has 0 radical (unpaired) electrons. The average Bonchev–Trinajstić information content (AvgIpc) is 2.69. The zero-order chi connectivity index (χ0) is 23.8. The van der Waals surface area contributed by atoms with Crippen molar-refractivity contribution in [3.05, 3.63) is 34.9 Å². The van der Waals surface area contributed by atoms with Gasteiger partial charge in [-0.15, -0.1) is 0 Å². The molecule has 0 rings (SSSR count). The fraction of sp³-hybridized carbons (Fsp3) is 0.609. The van der Waals surface area contributed by atoms with Gasteiger partial charge in [0.05, 0.1) is 5.92 Å². The molecule has 0 aliphatic carbocycles. The SMILES string of the molecule is CC(C)=CCCC(C)=CCCC(C)=CCSCC(NC(=O)CC(C)C(=O)O)C(=O)NN. The van der Waals surface area contributed by atoms with Gasteiger partial charge in [0, 0.05) is 17.9 Å². The molecule has 5 N–H and O–H groups in total. The molecule has 0 aromatic carbocycles. The topological polar surface area (TPSA) is 122 Å². The summed E-state index contributed by atoms with van der Waals surface area (Å²) < 4.78 is 0. The van der Waals surface area contributed by atoms with Crippen LogP contribution in [0.5, 0.6) is 0 Å². The number of hydrogen-bond donors (Lipinski definition) is 4. The van der Waals surface area contributed by atoms with Crippen molar-refractivity contribution in [2.45, 2.75) is 72.8 Å². The van der Waals surface area contributed by atoms with E-state index in [1.54, 1.807) is 0 Å². The lowest BCUT2D eigenvalue weighted by molar-refractivity contribution is -0.143. The predicted molar refractivity (Wildman–Crippen MR) is 128 cm³/mol. The minimum atomic E-state index is -1.05. The number of carbonyl (C=O) groups excluding carboxylic acids is 2. The molecule has 8 heteroatoms. The molecule has 2 amide bonds. The quantitative estimate of drug-likeness (QED) is 0.0985. The second-order valence-corrected chi connectivity index (χ2v) is 9.14. The molecule has 0 spiro atoms. The van der Waals surface area contributed by atoms with Crippen LogP contribution in [-0.2, 0) is 14.4 Å². The van der Waals surface area contributed by atoms with E-state index in [0.29, 0.717) is 11.5 Å². The molecule has 0 aliphatic heterocycles. The molecule has 176 valence electrons. The summed E-state index contributed by atoms with van der Waals surface area (Å²) in [6.07, 6.45) is 10.6. The Balaban J connectivity index is 4.40. The lowest BCUT2D eigenvalue weighted by atomic mass is 10.1. The number of carboxylic acids is 1. The Bertz CT molecular complexity index is 682.